The van der Waals surface area contributed by atoms with Crippen molar-refractivity contribution in [3.8, 4) is 11.1 Å². The van der Waals surface area contributed by atoms with Gasteiger partial charge in [-0.3, -0.25) is 14.5 Å². The first kappa shape index (κ1) is 22.2. The molecule has 0 saturated carbocycles. The number of likely N-dealkylation sites (tertiary alicyclic amines) is 2. The van der Waals surface area contributed by atoms with E-state index in [0.717, 1.165) is 42.9 Å². The molecule has 0 spiro atoms. The summed E-state index contributed by atoms with van der Waals surface area (Å²) in [6.45, 7) is 3.92. The van der Waals surface area contributed by atoms with Crippen LogP contribution in [0.15, 0.2) is 30.5 Å². The fourth-order valence-electron chi connectivity index (χ4n) is 4.59. The molecule has 2 aliphatic rings. The van der Waals surface area contributed by atoms with Gasteiger partial charge in [-0.1, -0.05) is 18.6 Å². The first-order valence-corrected chi connectivity index (χ1v) is 11.4. The van der Waals surface area contributed by atoms with Gasteiger partial charge in [0.2, 0.25) is 17.8 Å². The highest BCUT2D eigenvalue weighted by atomic mass is 16.2. The Labute approximate surface area is 189 Å². The highest BCUT2D eigenvalue weighted by Crippen LogP contribution is 2.34. The Hall–Kier alpha value is -3.00. The van der Waals surface area contributed by atoms with E-state index in [0.29, 0.717) is 24.6 Å². The number of rotatable bonds is 6. The van der Waals surface area contributed by atoms with Gasteiger partial charge in [0.15, 0.2) is 0 Å². The predicted octanol–water partition coefficient (Wildman–Crippen LogP) is 2.11. The number of primary amides is 1. The summed E-state index contributed by atoms with van der Waals surface area (Å²) in [6.07, 6.45) is 6.29. The highest BCUT2D eigenvalue weighted by Gasteiger charge is 2.31. The Kier molecular flexibility index (Phi) is 6.69. The molecule has 2 amide bonds. The zero-order valence-electron chi connectivity index (χ0n) is 19.0. The molecule has 1 aromatic heterocycles. The molecular weight excluding hydrogens is 404 g/mol. The van der Waals surface area contributed by atoms with Gasteiger partial charge in [0.1, 0.15) is 0 Å². The summed E-state index contributed by atoms with van der Waals surface area (Å²) in [5.41, 5.74) is 8.60. The highest BCUT2D eigenvalue weighted by molar-refractivity contribution is 5.94. The molecule has 0 bridgehead atoms. The van der Waals surface area contributed by atoms with Crippen LogP contribution in [-0.2, 0) is 4.79 Å². The van der Waals surface area contributed by atoms with Crippen LogP contribution in [0.2, 0.25) is 0 Å². The van der Waals surface area contributed by atoms with E-state index >= 15 is 0 Å². The van der Waals surface area contributed by atoms with E-state index in [1.165, 1.54) is 19.3 Å². The third-order valence-corrected chi connectivity index (χ3v) is 6.40. The van der Waals surface area contributed by atoms with Gasteiger partial charge >= 0.3 is 0 Å². The predicted molar refractivity (Wildman–Crippen MR) is 125 cm³/mol. The van der Waals surface area contributed by atoms with Crippen LogP contribution in [0.5, 0.6) is 0 Å². The van der Waals surface area contributed by atoms with Crippen LogP contribution in [0.25, 0.3) is 11.1 Å². The van der Waals surface area contributed by atoms with Crippen molar-refractivity contribution in [3.63, 3.8) is 0 Å². The van der Waals surface area contributed by atoms with E-state index in [9.17, 15) is 9.59 Å². The smallest absolute Gasteiger partial charge is 0.248 e. The zero-order valence-corrected chi connectivity index (χ0v) is 19.0. The lowest BCUT2D eigenvalue weighted by molar-refractivity contribution is -0.131. The number of amides is 2. The molecule has 32 heavy (non-hydrogen) atoms. The second-order valence-corrected chi connectivity index (χ2v) is 8.97. The van der Waals surface area contributed by atoms with E-state index in [-0.39, 0.29) is 11.8 Å². The molecule has 8 nitrogen and oxygen atoms in total. The summed E-state index contributed by atoms with van der Waals surface area (Å²) in [4.78, 5) is 40.1. The van der Waals surface area contributed by atoms with Gasteiger partial charge in [0.05, 0.1) is 12.2 Å². The van der Waals surface area contributed by atoms with Crippen molar-refractivity contribution in [2.24, 2.45) is 5.73 Å². The summed E-state index contributed by atoms with van der Waals surface area (Å²) in [7, 11) is 3.82. The number of aromatic nitrogens is 2. The van der Waals surface area contributed by atoms with E-state index in [1.807, 2.05) is 42.2 Å². The molecule has 0 unspecified atom stereocenters. The van der Waals surface area contributed by atoms with Gasteiger partial charge in [-0.25, -0.2) is 9.97 Å². The second-order valence-electron chi connectivity index (χ2n) is 8.97. The Balaban J connectivity index is 1.58. The Bertz CT molecular complexity index is 986. The monoisotopic (exact) mass is 436 g/mol. The number of nitrogens with zero attached hydrogens (tertiary/aromatic N) is 5. The number of benzene rings is 1. The molecule has 2 saturated heterocycles. The van der Waals surface area contributed by atoms with Crippen molar-refractivity contribution in [1.82, 2.24) is 19.8 Å². The average Bonchev–Trinajstić information content (AvgIpc) is 3.30. The maximum absolute atomic E-state index is 12.9. The van der Waals surface area contributed by atoms with Crippen LogP contribution < -0.4 is 10.6 Å². The van der Waals surface area contributed by atoms with E-state index in [2.05, 4.69) is 9.88 Å². The van der Waals surface area contributed by atoms with Crippen molar-refractivity contribution in [2.45, 2.75) is 31.6 Å². The largest absolute Gasteiger partial charge is 0.366 e. The van der Waals surface area contributed by atoms with Gasteiger partial charge in [-0.15, -0.1) is 0 Å². The molecule has 8 heteroatoms. The third-order valence-electron chi connectivity index (χ3n) is 6.40. The summed E-state index contributed by atoms with van der Waals surface area (Å²) < 4.78 is 0. The summed E-state index contributed by atoms with van der Waals surface area (Å²) in [6, 6.07) is 7.26. The second kappa shape index (κ2) is 9.65. The Morgan fingerprint density at radius 3 is 2.66 bits per heavy atom. The molecule has 2 aromatic rings. The van der Waals surface area contributed by atoms with Crippen molar-refractivity contribution in [1.29, 1.82) is 0 Å². The minimum Gasteiger partial charge on any atom is -0.366 e. The lowest BCUT2D eigenvalue weighted by Gasteiger charge is -2.28. The minimum atomic E-state index is -0.463. The number of hydrogen-bond donors (Lipinski definition) is 1. The van der Waals surface area contributed by atoms with E-state index in [4.69, 9.17) is 10.7 Å². The molecule has 2 fully saturated rings. The molecule has 2 N–H and O–H groups in total. The van der Waals surface area contributed by atoms with Crippen LogP contribution >= 0.6 is 0 Å². The lowest BCUT2D eigenvalue weighted by atomic mass is 9.95. The quantitative estimate of drug-likeness (QED) is 0.745. The summed E-state index contributed by atoms with van der Waals surface area (Å²) in [5, 5.41) is 0. The fraction of sp³-hybridized carbons (Fsp3) is 0.500. The molecule has 4 rings (SSSR count). The van der Waals surface area contributed by atoms with Gasteiger partial charge in [-0.05, 0) is 50.0 Å². The number of hydrogen-bond acceptors (Lipinski definition) is 6. The van der Waals surface area contributed by atoms with E-state index < -0.39 is 5.91 Å². The SMILES string of the molecule is CN(C)c1ncc(-c2cccc(C(N)=O)c2)c([C@H]2CCN(C(=O)CN3CCCCC3)C2)n1. The standard InChI is InChI=1S/C24H32N6O2/c1-28(2)24-26-14-20(17-7-6-8-18(13-17)23(25)32)22(27-24)19-9-12-30(15-19)21(31)16-29-10-4-3-5-11-29/h6-8,13-14,19H,3-5,9-12,15-16H2,1-2H3,(H2,25,32)/t19-/m0/s1. The lowest BCUT2D eigenvalue weighted by Crippen LogP contribution is -2.41. The van der Waals surface area contributed by atoms with Crippen LogP contribution in [0, 0.1) is 0 Å². The number of piperidine rings is 1. The molecule has 1 aromatic carbocycles. The van der Waals surface area contributed by atoms with Crippen molar-refractivity contribution < 1.29 is 9.59 Å². The maximum Gasteiger partial charge on any atom is 0.248 e. The first-order chi connectivity index (χ1) is 15.4. The molecule has 0 radical (unpaired) electrons. The maximum atomic E-state index is 12.9. The molecule has 170 valence electrons. The third kappa shape index (κ3) is 4.91. The number of anilines is 1. The molecule has 0 aliphatic carbocycles. The molecule has 3 heterocycles. The summed E-state index contributed by atoms with van der Waals surface area (Å²) >= 11 is 0. The number of nitrogens with two attached hydrogens (primary N) is 1. The van der Waals surface area contributed by atoms with Crippen molar-refractivity contribution >= 4 is 17.8 Å². The normalized spacial score (nSPS) is 19.2. The summed E-state index contributed by atoms with van der Waals surface area (Å²) in [5.74, 6) is 0.491. The van der Waals surface area contributed by atoms with Crippen LogP contribution in [0.3, 0.4) is 0 Å². The Morgan fingerprint density at radius 1 is 1.16 bits per heavy atom. The zero-order chi connectivity index (χ0) is 22.7. The van der Waals surface area contributed by atoms with Gasteiger partial charge in [0, 0.05) is 50.4 Å². The fourth-order valence-corrected chi connectivity index (χ4v) is 4.59. The van der Waals surface area contributed by atoms with E-state index in [1.54, 1.807) is 12.1 Å². The van der Waals surface area contributed by atoms with Crippen LogP contribution in [-0.4, -0.2) is 78.4 Å². The number of carbonyl (C=O) groups excluding carboxylic acids is 2. The first-order valence-electron chi connectivity index (χ1n) is 11.4. The van der Waals surface area contributed by atoms with Gasteiger partial charge in [-0.2, -0.15) is 0 Å². The Morgan fingerprint density at radius 2 is 1.94 bits per heavy atom. The molecule has 1 atom stereocenters. The van der Waals surface area contributed by atoms with Crippen LogP contribution in [0.1, 0.15) is 47.7 Å². The number of carbonyl (C=O) groups is 2. The molecule has 2 aliphatic heterocycles. The minimum absolute atomic E-state index is 0.120. The average molecular weight is 437 g/mol. The van der Waals surface area contributed by atoms with Crippen molar-refractivity contribution in [2.75, 3.05) is 51.7 Å². The van der Waals surface area contributed by atoms with Crippen molar-refractivity contribution in [3.05, 3.63) is 41.7 Å². The van der Waals surface area contributed by atoms with Crippen LogP contribution in [0.4, 0.5) is 5.95 Å². The molecular formula is C24H32N6O2. The van der Waals surface area contributed by atoms with Gasteiger partial charge in [0.25, 0.3) is 0 Å². The van der Waals surface area contributed by atoms with Gasteiger partial charge < -0.3 is 15.5 Å². The topological polar surface area (TPSA) is 95.7 Å².